The second-order valence-corrected chi connectivity index (χ2v) is 12.7. The van der Waals surface area contributed by atoms with Crippen molar-refractivity contribution in [3.05, 3.63) is 24.3 Å². The summed E-state index contributed by atoms with van der Waals surface area (Å²) >= 11 is 0. The van der Waals surface area contributed by atoms with E-state index in [1.54, 1.807) is 24.1 Å². The Morgan fingerprint density at radius 3 is 2.39 bits per heavy atom. The predicted molar refractivity (Wildman–Crippen MR) is 143 cm³/mol. The number of hydrogen-bond acceptors (Lipinski definition) is 6. The van der Waals surface area contributed by atoms with Crippen LogP contribution in [0.2, 0.25) is 0 Å². The molecular formula is C28H35F3N6O4. The number of nitrogens with one attached hydrogen (secondary N) is 3. The molecule has 0 spiro atoms. The lowest BCUT2D eigenvalue weighted by Crippen LogP contribution is -2.61. The smallest absolute Gasteiger partial charge is 0.361 e. The number of likely N-dealkylation sites (N-methyl/N-ethyl adjacent to an activating group) is 1. The van der Waals surface area contributed by atoms with Crippen molar-refractivity contribution in [1.29, 1.82) is 5.26 Å². The van der Waals surface area contributed by atoms with Gasteiger partial charge in [-0.1, -0.05) is 46.8 Å². The molecule has 1 aromatic carbocycles. The molecule has 4 rings (SSSR count). The molecule has 1 aliphatic carbocycles. The van der Waals surface area contributed by atoms with Crippen LogP contribution in [0.3, 0.4) is 0 Å². The first-order valence-electron chi connectivity index (χ1n) is 13.4. The second kappa shape index (κ2) is 10.2. The van der Waals surface area contributed by atoms with Crippen molar-refractivity contribution in [3.63, 3.8) is 0 Å². The number of nitriles is 1. The molecule has 10 nitrogen and oxygen atoms in total. The van der Waals surface area contributed by atoms with Gasteiger partial charge in [0.1, 0.15) is 24.2 Å². The van der Waals surface area contributed by atoms with Crippen LogP contribution in [0.5, 0.6) is 0 Å². The van der Waals surface area contributed by atoms with Gasteiger partial charge in [-0.05, 0) is 34.8 Å². The highest BCUT2D eigenvalue weighted by molar-refractivity contribution is 6.03. The molecular weight excluding hydrogens is 541 g/mol. The fourth-order valence-electron chi connectivity index (χ4n) is 6.18. The second-order valence-electron chi connectivity index (χ2n) is 12.7. The number of halogens is 3. The molecule has 3 aliphatic rings. The molecule has 1 saturated carbocycles. The van der Waals surface area contributed by atoms with E-state index in [1.807, 2.05) is 37.4 Å². The van der Waals surface area contributed by atoms with Crippen LogP contribution in [0.4, 0.5) is 24.5 Å². The van der Waals surface area contributed by atoms with Crippen molar-refractivity contribution in [2.45, 2.75) is 71.4 Å². The Kier molecular flexibility index (Phi) is 7.52. The molecule has 1 saturated heterocycles. The Balaban J connectivity index is 1.54. The molecule has 2 aliphatic heterocycles. The Hall–Kier alpha value is -3.82. The summed E-state index contributed by atoms with van der Waals surface area (Å²) in [5.74, 6) is -4.36. The highest BCUT2D eigenvalue weighted by Gasteiger charge is 2.70. The lowest BCUT2D eigenvalue weighted by Gasteiger charge is -2.38. The molecule has 0 aromatic heterocycles. The molecule has 1 aromatic rings. The third kappa shape index (κ3) is 5.56. The number of piperidine rings is 1. The number of fused-ring (bicyclic) bond motifs is 2. The van der Waals surface area contributed by atoms with Crippen LogP contribution in [0.1, 0.15) is 41.0 Å². The van der Waals surface area contributed by atoms with Gasteiger partial charge < -0.3 is 25.8 Å². The molecule has 4 amide bonds. The van der Waals surface area contributed by atoms with Crippen molar-refractivity contribution in [2.24, 2.45) is 22.7 Å². The van der Waals surface area contributed by atoms with E-state index in [2.05, 4.69) is 10.6 Å². The van der Waals surface area contributed by atoms with Crippen molar-refractivity contribution < 1.29 is 32.3 Å². The van der Waals surface area contributed by atoms with Crippen molar-refractivity contribution in [1.82, 2.24) is 15.5 Å². The molecule has 0 radical (unpaired) electrons. The lowest BCUT2D eigenvalue weighted by molar-refractivity contribution is -0.176. The first kappa shape index (κ1) is 30.1. The zero-order valence-electron chi connectivity index (χ0n) is 23.8. The standard InChI is InChI=1S/C28H35F3N6O4/c1-26(2,3)21(35-25(41)28(29,30)31)24(40)37-13-15-19(27(15,4)5)20(37)23(39)33-14(12-32)11-18-22(38)34-16-9-7-8-10-17(16)36(18)6/h7-10,14-15,18-21H,11,13H2,1-6H3,(H,33,39)(H,34,38)(H,35,41)/t14?,15-,18?,19+,20-,21+/m0/s1. The van der Waals surface area contributed by atoms with E-state index in [1.165, 1.54) is 25.7 Å². The van der Waals surface area contributed by atoms with Crippen LogP contribution in [-0.4, -0.2) is 72.5 Å². The molecule has 6 atom stereocenters. The summed E-state index contributed by atoms with van der Waals surface area (Å²) in [5.41, 5.74) is -0.0157. The molecule has 13 heteroatoms. The van der Waals surface area contributed by atoms with Gasteiger partial charge in [-0.3, -0.25) is 19.2 Å². The summed E-state index contributed by atoms with van der Waals surface area (Å²) in [4.78, 5) is 54.9. The first-order valence-corrected chi connectivity index (χ1v) is 13.4. The maximum atomic E-state index is 13.7. The van der Waals surface area contributed by atoms with Gasteiger partial charge in [-0.2, -0.15) is 18.4 Å². The van der Waals surface area contributed by atoms with Crippen molar-refractivity contribution >= 4 is 35.0 Å². The van der Waals surface area contributed by atoms with Crippen molar-refractivity contribution in [2.75, 3.05) is 23.8 Å². The summed E-state index contributed by atoms with van der Waals surface area (Å²) in [6.45, 7) is 8.59. The van der Waals surface area contributed by atoms with E-state index in [-0.39, 0.29) is 36.1 Å². The van der Waals surface area contributed by atoms with Crippen LogP contribution in [-0.2, 0) is 19.2 Å². The summed E-state index contributed by atoms with van der Waals surface area (Å²) < 4.78 is 39.2. The first-order chi connectivity index (χ1) is 18.9. The maximum absolute atomic E-state index is 13.7. The molecule has 3 N–H and O–H groups in total. The van der Waals surface area contributed by atoms with Gasteiger partial charge in [0.15, 0.2) is 0 Å². The summed E-state index contributed by atoms with van der Waals surface area (Å²) in [7, 11) is 1.72. The third-order valence-corrected chi connectivity index (χ3v) is 8.65. The molecule has 0 bridgehead atoms. The van der Waals surface area contributed by atoms with E-state index >= 15 is 0 Å². The number of nitrogens with zero attached hydrogens (tertiary/aromatic N) is 3. The van der Waals surface area contributed by atoms with Gasteiger partial charge in [-0.25, -0.2) is 0 Å². The highest BCUT2D eigenvalue weighted by Crippen LogP contribution is 2.65. The number of amides is 4. The number of benzene rings is 1. The fraction of sp³-hybridized carbons (Fsp3) is 0.607. The molecule has 2 unspecified atom stereocenters. The number of carbonyl (C=O) groups is 4. The quantitative estimate of drug-likeness (QED) is 0.476. The number of hydrogen-bond donors (Lipinski definition) is 3. The summed E-state index contributed by atoms with van der Waals surface area (Å²) in [6.07, 6.45) is -5.22. The van der Waals surface area contributed by atoms with Gasteiger partial charge in [0.05, 0.1) is 17.4 Å². The predicted octanol–water partition coefficient (Wildman–Crippen LogP) is 2.42. The Labute approximate surface area is 236 Å². The van der Waals surface area contributed by atoms with Crippen LogP contribution < -0.4 is 20.9 Å². The average molecular weight is 577 g/mol. The van der Waals surface area contributed by atoms with Gasteiger partial charge >= 0.3 is 12.1 Å². The normalized spacial score (nSPS) is 26.1. The maximum Gasteiger partial charge on any atom is 0.471 e. The number of carbonyl (C=O) groups excluding carboxylic acids is 4. The third-order valence-electron chi connectivity index (χ3n) is 8.65. The SMILES string of the molecule is CN1c2ccccc2NC(=O)C1CC(C#N)NC(=O)[C@@H]1[C@H]2[C@H](CN1C(=O)[C@@H](NC(=O)C(F)(F)F)C(C)(C)C)C2(C)C. The van der Waals surface area contributed by atoms with Crippen LogP contribution in [0.15, 0.2) is 24.3 Å². The minimum atomic E-state index is -5.19. The van der Waals surface area contributed by atoms with Crippen LogP contribution >= 0.6 is 0 Å². The average Bonchev–Trinajstić information content (AvgIpc) is 3.20. The number of likely N-dealkylation sites (tertiary alicyclic amines) is 1. The number of alkyl halides is 3. The van der Waals surface area contributed by atoms with Gasteiger partial charge in [0, 0.05) is 20.0 Å². The van der Waals surface area contributed by atoms with E-state index in [4.69, 9.17) is 0 Å². The monoisotopic (exact) mass is 576 g/mol. The molecule has 2 fully saturated rings. The van der Waals surface area contributed by atoms with E-state index in [9.17, 15) is 37.6 Å². The highest BCUT2D eigenvalue weighted by atomic mass is 19.4. The largest absolute Gasteiger partial charge is 0.471 e. The summed E-state index contributed by atoms with van der Waals surface area (Å²) in [5, 5.41) is 17.2. The Morgan fingerprint density at radius 2 is 1.80 bits per heavy atom. The van der Waals surface area contributed by atoms with Crippen molar-refractivity contribution in [3.8, 4) is 6.07 Å². The van der Waals surface area contributed by atoms with Crippen LogP contribution in [0, 0.1) is 34.0 Å². The fourth-order valence-corrected chi connectivity index (χ4v) is 6.18. The lowest BCUT2D eigenvalue weighted by atomic mass is 9.85. The Morgan fingerprint density at radius 1 is 1.17 bits per heavy atom. The van der Waals surface area contributed by atoms with Gasteiger partial charge in [0.25, 0.3) is 0 Å². The topological polar surface area (TPSA) is 135 Å². The van der Waals surface area contributed by atoms with E-state index < -0.39 is 53.5 Å². The molecule has 41 heavy (non-hydrogen) atoms. The number of para-hydroxylation sites is 2. The molecule has 2 heterocycles. The Bertz CT molecular complexity index is 1300. The summed E-state index contributed by atoms with van der Waals surface area (Å²) in [6, 6.07) is 4.76. The van der Waals surface area contributed by atoms with E-state index in [0.717, 1.165) is 5.69 Å². The zero-order valence-corrected chi connectivity index (χ0v) is 23.8. The van der Waals surface area contributed by atoms with Gasteiger partial charge in [0.2, 0.25) is 17.7 Å². The number of rotatable bonds is 6. The minimum absolute atomic E-state index is 0.0384. The minimum Gasteiger partial charge on any atom is -0.361 e. The van der Waals surface area contributed by atoms with E-state index in [0.29, 0.717) is 5.69 Å². The van der Waals surface area contributed by atoms with Gasteiger partial charge in [-0.15, -0.1) is 0 Å². The number of anilines is 2. The zero-order chi connectivity index (χ0) is 30.7. The van der Waals surface area contributed by atoms with Crippen LogP contribution in [0.25, 0.3) is 0 Å². The molecule has 222 valence electrons.